The molecule has 1 atom stereocenters. The minimum absolute atomic E-state index is 0.102. The van der Waals surface area contributed by atoms with E-state index in [1.54, 1.807) is 11.5 Å². The van der Waals surface area contributed by atoms with Crippen molar-refractivity contribution < 1.29 is 14.4 Å². The van der Waals surface area contributed by atoms with Crippen LogP contribution in [-0.2, 0) is 20.8 Å². The zero-order valence-electron chi connectivity index (χ0n) is 14.6. The summed E-state index contributed by atoms with van der Waals surface area (Å²) in [4.78, 5) is 43.7. The summed E-state index contributed by atoms with van der Waals surface area (Å²) in [6.07, 6.45) is 5.15. The number of rotatable bonds is 6. The Labute approximate surface area is 160 Å². The monoisotopic (exact) mass is 382 g/mol. The summed E-state index contributed by atoms with van der Waals surface area (Å²) >= 11 is 1.25. The second-order valence-electron chi connectivity index (χ2n) is 6.03. The molecule has 0 radical (unpaired) electrons. The number of amides is 3. The van der Waals surface area contributed by atoms with Gasteiger partial charge in [-0.25, -0.2) is 9.98 Å². The molecule has 1 aromatic heterocycles. The third-order valence-electron chi connectivity index (χ3n) is 3.83. The van der Waals surface area contributed by atoms with Crippen LogP contribution in [0.1, 0.15) is 17.7 Å². The van der Waals surface area contributed by atoms with Gasteiger partial charge in [-0.15, -0.1) is 11.3 Å². The van der Waals surface area contributed by atoms with Crippen LogP contribution >= 0.6 is 11.3 Å². The number of hydrogen-bond donors (Lipinski definition) is 2. The highest BCUT2D eigenvalue weighted by Crippen LogP contribution is 2.19. The van der Waals surface area contributed by atoms with E-state index in [4.69, 9.17) is 0 Å². The first-order chi connectivity index (χ1) is 13.0. The number of dihydropyridines is 1. The number of aromatic nitrogens is 1. The lowest BCUT2D eigenvalue weighted by molar-refractivity contribution is -0.128. The molecule has 1 aromatic carbocycles. The lowest BCUT2D eigenvalue weighted by atomic mass is 10.1. The quantitative estimate of drug-likeness (QED) is 0.750. The molecular formula is C19H18N4O3S. The standard InChI is InChI=1S/C19H18N4O3S/c1-12-4-2-5-13(10-12)21-16(24)8-7-14-11-27-19(22-14)23-18(26)15-6-3-9-20-17(15)25/h2-6,9-11,15H,7-8H2,1H3,(H,21,24)(H,22,23,26). The number of aryl methyl sites for hydroxylation is 2. The zero-order valence-corrected chi connectivity index (χ0v) is 15.5. The van der Waals surface area contributed by atoms with E-state index in [9.17, 15) is 14.4 Å². The Balaban J connectivity index is 1.50. The van der Waals surface area contributed by atoms with E-state index < -0.39 is 17.7 Å². The number of thiazole rings is 1. The summed E-state index contributed by atoms with van der Waals surface area (Å²) in [5.41, 5.74) is 2.54. The van der Waals surface area contributed by atoms with Crippen LogP contribution in [0.2, 0.25) is 0 Å². The summed E-state index contributed by atoms with van der Waals surface area (Å²) in [5.74, 6) is -2.00. The van der Waals surface area contributed by atoms with Gasteiger partial charge in [0.25, 0.3) is 5.91 Å². The number of carbonyl (C=O) groups is 3. The highest BCUT2D eigenvalue weighted by atomic mass is 32.1. The van der Waals surface area contributed by atoms with Crippen molar-refractivity contribution in [1.29, 1.82) is 0 Å². The van der Waals surface area contributed by atoms with E-state index in [-0.39, 0.29) is 12.3 Å². The first-order valence-corrected chi connectivity index (χ1v) is 9.26. The predicted octanol–water partition coefficient (Wildman–Crippen LogP) is 2.74. The molecule has 3 amide bonds. The first-order valence-electron chi connectivity index (χ1n) is 8.38. The summed E-state index contributed by atoms with van der Waals surface area (Å²) in [6.45, 7) is 1.96. The van der Waals surface area contributed by atoms with Gasteiger partial charge in [-0.1, -0.05) is 18.2 Å². The van der Waals surface area contributed by atoms with Gasteiger partial charge in [0.15, 0.2) is 5.13 Å². The smallest absolute Gasteiger partial charge is 0.262 e. The SMILES string of the molecule is Cc1cccc(NC(=O)CCc2csc(NC(=O)C3C=CC=NC3=O)n2)c1. The Morgan fingerprint density at radius 2 is 2.11 bits per heavy atom. The molecular weight excluding hydrogens is 364 g/mol. The van der Waals surface area contributed by atoms with E-state index in [0.29, 0.717) is 17.2 Å². The maximum atomic E-state index is 12.1. The van der Waals surface area contributed by atoms with Crippen molar-refractivity contribution in [1.82, 2.24) is 4.98 Å². The van der Waals surface area contributed by atoms with E-state index in [2.05, 4.69) is 20.6 Å². The van der Waals surface area contributed by atoms with Gasteiger partial charge < -0.3 is 10.6 Å². The Bertz CT molecular complexity index is 933. The number of benzene rings is 1. The highest BCUT2D eigenvalue weighted by Gasteiger charge is 2.25. The van der Waals surface area contributed by atoms with Gasteiger partial charge in [0, 0.05) is 23.7 Å². The largest absolute Gasteiger partial charge is 0.326 e. The van der Waals surface area contributed by atoms with Crippen molar-refractivity contribution in [3.05, 3.63) is 53.1 Å². The van der Waals surface area contributed by atoms with Crippen LogP contribution in [0.5, 0.6) is 0 Å². The van der Waals surface area contributed by atoms with Crippen molar-refractivity contribution in [3.8, 4) is 0 Å². The minimum atomic E-state index is -0.928. The highest BCUT2D eigenvalue weighted by molar-refractivity contribution is 7.13. The Kier molecular flexibility index (Phi) is 5.87. The minimum Gasteiger partial charge on any atom is -0.326 e. The van der Waals surface area contributed by atoms with Gasteiger partial charge in [0.05, 0.1) is 5.69 Å². The van der Waals surface area contributed by atoms with Crippen LogP contribution < -0.4 is 10.6 Å². The van der Waals surface area contributed by atoms with Crippen LogP contribution in [-0.4, -0.2) is 28.9 Å². The summed E-state index contributed by atoms with van der Waals surface area (Å²) in [7, 11) is 0. The summed E-state index contributed by atoms with van der Waals surface area (Å²) in [5, 5.41) is 7.64. The lowest BCUT2D eigenvalue weighted by Crippen LogP contribution is -2.28. The third-order valence-corrected chi connectivity index (χ3v) is 4.64. The second kappa shape index (κ2) is 8.50. The lowest BCUT2D eigenvalue weighted by Gasteiger charge is -2.09. The maximum Gasteiger partial charge on any atom is 0.262 e. The van der Waals surface area contributed by atoms with Crippen molar-refractivity contribution in [3.63, 3.8) is 0 Å². The molecule has 0 aliphatic carbocycles. The van der Waals surface area contributed by atoms with Gasteiger partial charge in [0.2, 0.25) is 11.8 Å². The van der Waals surface area contributed by atoms with E-state index in [0.717, 1.165) is 11.3 Å². The van der Waals surface area contributed by atoms with Gasteiger partial charge >= 0.3 is 0 Å². The van der Waals surface area contributed by atoms with Gasteiger partial charge in [0.1, 0.15) is 5.92 Å². The molecule has 0 spiro atoms. The molecule has 0 saturated heterocycles. The molecule has 2 heterocycles. The zero-order chi connectivity index (χ0) is 19.2. The van der Waals surface area contributed by atoms with E-state index >= 15 is 0 Å². The fraction of sp³-hybridized carbons (Fsp3) is 0.211. The molecule has 0 saturated carbocycles. The van der Waals surface area contributed by atoms with Crippen molar-refractivity contribution in [2.24, 2.45) is 10.9 Å². The predicted molar refractivity (Wildman–Crippen MR) is 105 cm³/mol. The molecule has 8 heteroatoms. The van der Waals surface area contributed by atoms with Gasteiger partial charge in [-0.2, -0.15) is 0 Å². The first kappa shape index (κ1) is 18.7. The molecule has 2 N–H and O–H groups in total. The van der Waals surface area contributed by atoms with Gasteiger partial charge in [-0.3, -0.25) is 14.4 Å². The van der Waals surface area contributed by atoms with E-state index in [1.807, 2.05) is 31.2 Å². The number of aliphatic imine (C=N–C) groups is 1. The summed E-state index contributed by atoms with van der Waals surface area (Å²) in [6, 6.07) is 7.59. The number of allylic oxidation sites excluding steroid dienone is 1. The van der Waals surface area contributed by atoms with Crippen LogP contribution in [0, 0.1) is 12.8 Å². The van der Waals surface area contributed by atoms with Crippen LogP contribution in [0.15, 0.2) is 46.8 Å². The maximum absolute atomic E-state index is 12.1. The molecule has 1 aliphatic rings. The fourth-order valence-electron chi connectivity index (χ4n) is 2.49. The van der Waals surface area contributed by atoms with E-state index in [1.165, 1.54) is 23.6 Å². The molecule has 1 aliphatic heterocycles. The third kappa shape index (κ3) is 5.18. The van der Waals surface area contributed by atoms with Crippen LogP contribution in [0.4, 0.5) is 10.8 Å². The molecule has 138 valence electrons. The Morgan fingerprint density at radius 1 is 1.26 bits per heavy atom. The number of nitrogens with zero attached hydrogens (tertiary/aromatic N) is 2. The average molecular weight is 382 g/mol. The van der Waals surface area contributed by atoms with Crippen molar-refractivity contribution in [2.75, 3.05) is 10.6 Å². The Morgan fingerprint density at radius 3 is 2.89 bits per heavy atom. The topological polar surface area (TPSA) is 101 Å². The number of nitrogens with one attached hydrogen (secondary N) is 2. The molecule has 0 bridgehead atoms. The molecule has 27 heavy (non-hydrogen) atoms. The van der Waals surface area contributed by atoms with Gasteiger partial charge in [-0.05, 0) is 37.1 Å². The van der Waals surface area contributed by atoms with Crippen LogP contribution in [0.3, 0.4) is 0 Å². The summed E-state index contributed by atoms with van der Waals surface area (Å²) < 4.78 is 0. The molecule has 2 aromatic rings. The normalized spacial score (nSPS) is 15.6. The molecule has 7 nitrogen and oxygen atoms in total. The molecule has 3 rings (SSSR count). The average Bonchev–Trinajstić information content (AvgIpc) is 3.08. The molecule has 0 fully saturated rings. The Hall–Kier alpha value is -3.13. The van der Waals surface area contributed by atoms with Crippen molar-refractivity contribution >= 4 is 46.1 Å². The number of hydrogen-bond acceptors (Lipinski definition) is 5. The fourth-order valence-corrected chi connectivity index (χ4v) is 3.24. The number of carbonyl (C=O) groups excluding carboxylic acids is 3. The second-order valence-corrected chi connectivity index (χ2v) is 6.89. The van der Waals surface area contributed by atoms with Crippen LogP contribution in [0.25, 0.3) is 0 Å². The molecule has 1 unspecified atom stereocenters. The number of anilines is 2. The van der Waals surface area contributed by atoms with Crippen molar-refractivity contribution in [2.45, 2.75) is 19.8 Å².